The van der Waals surface area contributed by atoms with Gasteiger partial charge in [0.15, 0.2) is 0 Å². The first-order valence-corrected chi connectivity index (χ1v) is 8.32. The standard InChI is InChI=1S/C14H17FN2O3S/c1-16-13(18)6-7-14(16)8-9-17(10-14)21(19,20)12-4-2-11(15)3-5-12/h2-5H,6-10H2,1H3. The highest BCUT2D eigenvalue weighted by Gasteiger charge is 2.50. The SMILES string of the molecule is CN1C(=O)CCC12CCN(S(=O)(=O)c1ccc(F)cc1)C2. The van der Waals surface area contributed by atoms with Crippen LogP contribution in [0.5, 0.6) is 0 Å². The molecule has 1 amide bonds. The highest BCUT2D eigenvalue weighted by molar-refractivity contribution is 7.89. The molecule has 0 bridgehead atoms. The molecule has 1 unspecified atom stereocenters. The molecule has 0 saturated carbocycles. The van der Waals surface area contributed by atoms with Crippen LogP contribution in [0.25, 0.3) is 0 Å². The summed E-state index contributed by atoms with van der Waals surface area (Å²) >= 11 is 0. The average Bonchev–Trinajstić information content (AvgIpc) is 3.01. The minimum absolute atomic E-state index is 0.0658. The number of amides is 1. The Hall–Kier alpha value is -1.47. The van der Waals surface area contributed by atoms with Crippen LogP contribution in [0.3, 0.4) is 0 Å². The lowest BCUT2D eigenvalue weighted by molar-refractivity contribution is -0.129. The summed E-state index contributed by atoms with van der Waals surface area (Å²) in [4.78, 5) is 13.5. The number of halogens is 1. The maximum absolute atomic E-state index is 12.9. The molecule has 1 atom stereocenters. The highest BCUT2D eigenvalue weighted by atomic mass is 32.2. The zero-order valence-electron chi connectivity index (χ0n) is 11.8. The molecule has 1 aromatic carbocycles. The van der Waals surface area contributed by atoms with Crippen LogP contribution >= 0.6 is 0 Å². The van der Waals surface area contributed by atoms with Crippen molar-refractivity contribution in [1.82, 2.24) is 9.21 Å². The number of benzene rings is 1. The van der Waals surface area contributed by atoms with Gasteiger partial charge in [-0.3, -0.25) is 4.79 Å². The molecule has 0 N–H and O–H groups in total. The van der Waals surface area contributed by atoms with E-state index in [4.69, 9.17) is 0 Å². The Morgan fingerprint density at radius 2 is 1.86 bits per heavy atom. The molecule has 21 heavy (non-hydrogen) atoms. The predicted molar refractivity (Wildman–Crippen MR) is 74.5 cm³/mol. The van der Waals surface area contributed by atoms with E-state index < -0.39 is 15.8 Å². The zero-order chi connectivity index (χ0) is 15.3. The van der Waals surface area contributed by atoms with Crippen molar-refractivity contribution in [2.75, 3.05) is 20.1 Å². The van der Waals surface area contributed by atoms with E-state index in [2.05, 4.69) is 0 Å². The van der Waals surface area contributed by atoms with E-state index in [1.165, 1.54) is 16.4 Å². The van der Waals surface area contributed by atoms with Gasteiger partial charge in [0.2, 0.25) is 15.9 Å². The Morgan fingerprint density at radius 1 is 1.19 bits per heavy atom. The molecule has 3 rings (SSSR count). The van der Waals surface area contributed by atoms with Gasteiger partial charge in [0.25, 0.3) is 0 Å². The minimum Gasteiger partial charge on any atom is -0.339 e. The fraction of sp³-hybridized carbons (Fsp3) is 0.500. The molecule has 5 nitrogen and oxygen atoms in total. The van der Waals surface area contributed by atoms with Crippen molar-refractivity contribution in [3.05, 3.63) is 30.1 Å². The highest BCUT2D eigenvalue weighted by Crippen LogP contribution is 2.39. The molecule has 2 heterocycles. The van der Waals surface area contributed by atoms with Gasteiger partial charge in [-0.1, -0.05) is 0 Å². The van der Waals surface area contributed by atoms with Crippen LogP contribution in [0, 0.1) is 5.82 Å². The molecule has 1 spiro atoms. The fourth-order valence-electron chi connectivity index (χ4n) is 3.20. The number of hydrogen-bond donors (Lipinski definition) is 0. The summed E-state index contributed by atoms with van der Waals surface area (Å²) in [7, 11) is -1.89. The molecule has 0 aliphatic carbocycles. The van der Waals surface area contributed by atoms with Gasteiger partial charge in [-0.15, -0.1) is 0 Å². The van der Waals surface area contributed by atoms with E-state index in [-0.39, 0.29) is 16.3 Å². The lowest BCUT2D eigenvalue weighted by atomic mass is 9.96. The van der Waals surface area contributed by atoms with Crippen molar-refractivity contribution in [2.24, 2.45) is 0 Å². The van der Waals surface area contributed by atoms with E-state index in [0.717, 1.165) is 12.1 Å². The van der Waals surface area contributed by atoms with Crippen LogP contribution in [0.4, 0.5) is 4.39 Å². The van der Waals surface area contributed by atoms with Crippen LogP contribution in [0.2, 0.25) is 0 Å². The number of carbonyl (C=O) groups excluding carboxylic acids is 1. The molecule has 7 heteroatoms. The molecular weight excluding hydrogens is 295 g/mol. The Labute approximate surface area is 123 Å². The smallest absolute Gasteiger partial charge is 0.243 e. The Balaban J connectivity index is 1.86. The van der Waals surface area contributed by atoms with Crippen molar-refractivity contribution in [1.29, 1.82) is 0 Å². The topological polar surface area (TPSA) is 57.7 Å². The lowest BCUT2D eigenvalue weighted by Crippen LogP contribution is -2.46. The summed E-state index contributed by atoms with van der Waals surface area (Å²) in [5, 5.41) is 0. The first-order valence-electron chi connectivity index (χ1n) is 6.88. The Bertz CT molecular complexity index is 674. The second kappa shape index (κ2) is 4.78. The quantitative estimate of drug-likeness (QED) is 0.825. The third kappa shape index (κ3) is 2.24. The first-order chi connectivity index (χ1) is 9.85. The lowest BCUT2D eigenvalue weighted by Gasteiger charge is -2.31. The summed E-state index contributed by atoms with van der Waals surface area (Å²) in [5.74, 6) is -0.399. The summed E-state index contributed by atoms with van der Waals surface area (Å²) < 4.78 is 39.5. The predicted octanol–water partition coefficient (Wildman–Crippen LogP) is 1.21. The van der Waals surface area contributed by atoms with Crippen molar-refractivity contribution in [3.8, 4) is 0 Å². The van der Waals surface area contributed by atoms with E-state index >= 15 is 0 Å². The first kappa shape index (κ1) is 14.5. The van der Waals surface area contributed by atoms with Gasteiger partial charge in [0.1, 0.15) is 5.82 Å². The van der Waals surface area contributed by atoms with E-state index in [1.54, 1.807) is 11.9 Å². The van der Waals surface area contributed by atoms with E-state index in [0.29, 0.717) is 32.4 Å². The van der Waals surface area contributed by atoms with E-state index in [1.807, 2.05) is 0 Å². The number of hydrogen-bond acceptors (Lipinski definition) is 3. The number of carbonyl (C=O) groups is 1. The van der Waals surface area contributed by atoms with Gasteiger partial charge in [0, 0.05) is 26.6 Å². The van der Waals surface area contributed by atoms with Crippen molar-refractivity contribution in [2.45, 2.75) is 29.7 Å². The van der Waals surface area contributed by atoms with Crippen LogP contribution in [0.15, 0.2) is 29.2 Å². The Kier molecular flexibility index (Phi) is 3.29. The number of sulfonamides is 1. The summed E-state index contributed by atoms with van der Waals surface area (Å²) in [6.45, 7) is 0.701. The molecule has 114 valence electrons. The van der Waals surface area contributed by atoms with Crippen molar-refractivity contribution >= 4 is 15.9 Å². The van der Waals surface area contributed by atoms with Crippen molar-refractivity contribution in [3.63, 3.8) is 0 Å². The molecule has 2 aliphatic heterocycles. The molecular formula is C14H17FN2O3S. The number of likely N-dealkylation sites (N-methyl/N-ethyl adjacent to an activating group) is 1. The molecule has 0 aromatic heterocycles. The molecule has 0 radical (unpaired) electrons. The van der Waals surface area contributed by atoms with E-state index in [9.17, 15) is 17.6 Å². The van der Waals surface area contributed by atoms with Crippen molar-refractivity contribution < 1.29 is 17.6 Å². The van der Waals surface area contributed by atoms with Gasteiger partial charge < -0.3 is 4.90 Å². The van der Waals surface area contributed by atoms with Gasteiger partial charge in [-0.05, 0) is 37.1 Å². The van der Waals surface area contributed by atoms with Gasteiger partial charge >= 0.3 is 0 Å². The Morgan fingerprint density at radius 3 is 2.43 bits per heavy atom. The van der Waals surface area contributed by atoms with Crippen LogP contribution in [0.1, 0.15) is 19.3 Å². The largest absolute Gasteiger partial charge is 0.339 e. The average molecular weight is 312 g/mol. The van der Waals surface area contributed by atoms with Gasteiger partial charge in [0.05, 0.1) is 10.4 Å². The maximum atomic E-state index is 12.9. The van der Waals surface area contributed by atoms with Crippen LogP contribution < -0.4 is 0 Å². The normalized spacial score (nSPS) is 27.0. The second-order valence-electron chi connectivity index (χ2n) is 5.72. The third-order valence-corrected chi connectivity index (χ3v) is 6.50. The molecule has 1 aromatic rings. The molecule has 2 aliphatic rings. The fourth-order valence-corrected chi connectivity index (χ4v) is 4.72. The van der Waals surface area contributed by atoms with Gasteiger partial charge in [-0.25, -0.2) is 12.8 Å². The summed E-state index contributed by atoms with van der Waals surface area (Å²) in [6.07, 6.45) is 1.81. The second-order valence-corrected chi connectivity index (χ2v) is 7.66. The van der Waals surface area contributed by atoms with Gasteiger partial charge in [-0.2, -0.15) is 4.31 Å². The summed E-state index contributed by atoms with van der Waals surface area (Å²) in [6, 6.07) is 4.84. The third-order valence-electron chi connectivity index (χ3n) is 4.64. The van der Waals surface area contributed by atoms with Crippen LogP contribution in [-0.2, 0) is 14.8 Å². The molecule has 2 saturated heterocycles. The zero-order valence-corrected chi connectivity index (χ0v) is 12.6. The number of likely N-dealkylation sites (tertiary alicyclic amines) is 1. The number of nitrogens with zero attached hydrogens (tertiary/aromatic N) is 2. The maximum Gasteiger partial charge on any atom is 0.243 e. The monoisotopic (exact) mass is 312 g/mol. The summed E-state index contributed by atoms with van der Waals surface area (Å²) in [5.41, 5.74) is -0.371. The minimum atomic E-state index is -3.63. The van der Waals surface area contributed by atoms with Crippen LogP contribution in [-0.4, -0.2) is 49.2 Å². The molecule has 2 fully saturated rings. The number of rotatable bonds is 2.